The number of hydrogen-bond acceptors (Lipinski definition) is 0. The van der Waals surface area contributed by atoms with Crippen molar-refractivity contribution in [1.29, 1.82) is 0 Å². The molecule has 0 spiro atoms. The monoisotopic (exact) mass is 654 g/mol. The van der Waals surface area contributed by atoms with Crippen molar-refractivity contribution in [2.45, 2.75) is 90.9 Å². The number of hydrogen-bond donors (Lipinski definition) is 0. The number of benzene rings is 4. The molecule has 0 saturated heterocycles. The Bertz CT molecular complexity index is 1440. The molecule has 0 radical (unpaired) electrons. The molecule has 0 heterocycles. The molecule has 0 bridgehead atoms. The number of rotatable bonds is 6. The standard InChI is InChI=1S/C21H25.C17H18.C5H5.Zr/c1-20(2,3)16-9-7-14-11-15-8-10-17(21(4,5)6)13-19(15)18(14)12-16;1-4-10-16(11-5-1)14-8-3-9-15-17-12-6-2-7-13-17;1-2-4-5-3-1;/h7,9-10,12-13H,11H2,1-6H3;1-2,4-7,10-13H,8-9,14-15H2;1-3H,4H2;/q-1;;-1;+2. The molecule has 0 unspecified atom stereocenters. The molecule has 0 amide bonds. The minimum absolute atomic E-state index is 0.177. The third kappa shape index (κ3) is 10.3. The zero-order valence-electron chi connectivity index (χ0n) is 27.6. The molecule has 0 N–H and O–H groups in total. The topological polar surface area (TPSA) is 0 Å². The van der Waals surface area contributed by atoms with Crippen LogP contribution in [0.4, 0.5) is 0 Å². The van der Waals surface area contributed by atoms with E-state index in [1.54, 1.807) is 27.4 Å². The number of aryl methyl sites for hydroxylation is 2. The Kier molecular flexibility index (Phi) is 12.3. The van der Waals surface area contributed by atoms with Crippen LogP contribution in [0.2, 0.25) is 0 Å². The van der Waals surface area contributed by atoms with E-state index in [0.29, 0.717) is 0 Å². The summed E-state index contributed by atoms with van der Waals surface area (Å²) in [4.78, 5) is 0. The summed E-state index contributed by atoms with van der Waals surface area (Å²) in [6, 6.07) is 36.6. The zero-order chi connectivity index (χ0) is 31.6. The predicted octanol–water partition coefficient (Wildman–Crippen LogP) is 10.9. The van der Waals surface area contributed by atoms with E-state index < -0.39 is 0 Å². The Labute approximate surface area is 282 Å². The van der Waals surface area contributed by atoms with Crippen molar-refractivity contribution >= 4 is 3.21 Å². The third-order valence-corrected chi connectivity index (χ3v) is 9.46. The van der Waals surface area contributed by atoms with Gasteiger partial charge in [-0.15, -0.1) is 12.0 Å². The van der Waals surface area contributed by atoms with Gasteiger partial charge in [0.2, 0.25) is 0 Å². The van der Waals surface area contributed by atoms with Crippen LogP contribution in [0.5, 0.6) is 0 Å². The van der Waals surface area contributed by atoms with Gasteiger partial charge in [0, 0.05) is 0 Å². The normalized spacial score (nSPS) is 12.9. The van der Waals surface area contributed by atoms with Gasteiger partial charge in [-0.25, -0.2) is 12.2 Å². The average molecular weight is 656 g/mol. The molecule has 0 aromatic heterocycles. The first kappa shape index (κ1) is 34.0. The number of fused-ring (bicyclic) bond motifs is 3. The van der Waals surface area contributed by atoms with Crippen LogP contribution in [0.1, 0.15) is 94.2 Å². The Balaban J connectivity index is 0.000000175. The minimum atomic E-state index is 0.177. The molecule has 0 aliphatic heterocycles. The van der Waals surface area contributed by atoms with Crippen LogP contribution in [0.15, 0.2) is 109 Å². The van der Waals surface area contributed by atoms with E-state index in [2.05, 4.69) is 151 Å². The van der Waals surface area contributed by atoms with Gasteiger partial charge in [-0.2, -0.15) is 35.4 Å². The van der Waals surface area contributed by atoms with Crippen molar-refractivity contribution < 1.29 is 24.2 Å². The Hall–Kier alpha value is -2.89. The van der Waals surface area contributed by atoms with Crippen molar-refractivity contribution in [1.82, 2.24) is 0 Å². The van der Waals surface area contributed by atoms with Crippen molar-refractivity contribution in [3.05, 3.63) is 155 Å². The van der Waals surface area contributed by atoms with Crippen molar-refractivity contribution in [2.24, 2.45) is 0 Å². The molecule has 0 nitrogen and oxygen atoms in total. The van der Waals surface area contributed by atoms with Crippen molar-refractivity contribution in [3.63, 3.8) is 0 Å². The fourth-order valence-corrected chi connectivity index (χ4v) is 5.94. The van der Waals surface area contributed by atoms with Crippen LogP contribution in [0.25, 0.3) is 11.1 Å². The summed E-state index contributed by atoms with van der Waals surface area (Å²) in [6.07, 6.45) is 15.9. The van der Waals surface area contributed by atoms with Crippen LogP contribution in [0.3, 0.4) is 0 Å². The molecule has 2 aliphatic carbocycles. The van der Waals surface area contributed by atoms with Crippen LogP contribution in [-0.2, 0) is 54.3 Å². The van der Waals surface area contributed by atoms with Gasteiger partial charge in [-0.1, -0.05) is 76.3 Å². The third-order valence-electron chi connectivity index (χ3n) is 8.23. The first-order chi connectivity index (χ1) is 21.0. The van der Waals surface area contributed by atoms with Gasteiger partial charge in [0.25, 0.3) is 0 Å². The molecule has 224 valence electrons. The van der Waals surface area contributed by atoms with Gasteiger partial charge in [-0.3, -0.25) is 6.08 Å². The summed E-state index contributed by atoms with van der Waals surface area (Å²) in [5, 5.41) is 0. The fraction of sp³-hybridized carbons (Fsp3) is 0.326. The molecule has 6 rings (SSSR count). The Morgan fingerprint density at radius 2 is 1.27 bits per heavy atom. The second-order valence-corrected chi connectivity index (χ2v) is 15.6. The number of allylic oxidation sites excluding steroid dienone is 4. The maximum atomic E-state index is 3.53. The second kappa shape index (κ2) is 15.9. The van der Waals surface area contributed by atoms with Gasteiger partial charge in [0.15, 0.2) is 0 Å². The summed E-state index contributed by atoms with van der Waals surface area (Å²) in [5.74, 6) is 0. The molecule has 0 saturated carbocycles. The molecular weight excluding hydrogens is 608 g/mol. The molecule has 4 aromatic carbocycles. The molecule has 44 heavy (non-hydrogen) atoms. The van der Waals surface area contributed by atoms with Crippen LogP contribution in [0, 0.1) is 12.1 Å². The molecule has 2 aliphatic rings. The van der Waals surface area contributed by atoms with Gasteiger partial charge >= 0.3 is 125 Å². The van der Waals surface area contributed by atoms with E-state index in [-0.39, 0.29) is 10.8 Å². The first-order valence-corrected chi connectivity index (χ1v) is 17.3. The summed E-state index contributed by atoms with van der Waals surface area (Å²) < 4.78 is 1.69. The van der Waals surface area contributed by atoms with Gasteiger partial charge < -0.3 is 0 Å². The second-order valence-electron chi connectivity index (χ2n) is 13.9. The first-order valence-electron chi connectivity index (χ1n) is 16.1. The molecular formula is C43H48Zr. The van der Waals surface area contributed by atoms with E-state index in [4.69, 9.17) is 0 Å². The van der Waals surface area contributed by atoms with E-state index in [1.165, 1.54) is 70.2 Å². The zero-order valence-corrected chi connectivity index (χ0v) is 30.1. The van der Waals surface area contributed by atoms with Crippen LogP contribution >= 0.6 is 0 Å². The Morgan fingerprint density at radius 1 is 0.705 bits per heavy atom. The predicted molar refractivity (Wildman–Crippen MR) is 187 cm³/mol. The van der Waals surface area contributed by atoms with Gasteiger partial charge in [0.1, 0.15) is 0 Å². The van der Waals surface area contributed by atoms with Gasteiger partial charge in [-0.05, 0) is 17.4 Å². The summed E-state index contributed by atoms with van der Waals surface area (Å²) in [7, 11) is 0. The SMILES string of the molecule is CC(C)(C)c1c[c-]c2c(c1)-c1cc(C(C)(C)C)ccc1C2.[C-]1=CC=CC1.[Zr+2]=[C](CCc1ccccc1)CCc1ccccc1. The maximum absolute atomic E-state index is 3.53. The van der Waals surface area contributed by atoms with Crippen molar-refractivity contribution in [3.8, 4) is 11.1 Å². The summed E-state index contributed by atoms with van der Waals surface area (Å²) in [5.41, 5.74) is 11.7. The molecule has 0 atom stereocenters. The summed E-state index contributed by atoms with van der Waals surface area (Å²) in [6.45, 7) is 13.6. The Morgan fingerprint density at radius 3 is 1.75 bits per heavy atom. The van der Waals surface area contributed by atoms with E-state index in [0.717, 1.165) is 12.8 Å². The van der Waals surface area contributed by atoms with E-state index >= 15 is 0 Å². The average Bonchev–Trinajstić information content (AvgIpc) is 3.71. The molecule has 4 aromatic rings. The van der Waals surface area contributed by atoms with Crippen LogP contribution in [-0.4, -0.2) is 3.21 Å². The van der Waals surface area contributed by atoms with E-state index in [1.807, 2.05) is 12.2 Å². The molecule has 0 fully saturated rings. The van der Waals surface area contributed by atoms with Crippen LogP contribution < -0.4 is 0 Å². The molecule has 1 heteroatoms. The summed E-state index contributed by atoms with van der Waals surface area (Å²) >= 11 is 1.60. The fourth-order valence-electron chi connectivity index (χ4n) is 5.33. The quantitative estimate of drug-likeness (QED) is 0.160. The van der Waals surface area contributed by atoms with E-state index in [9.17, 15) is 0 Å². The van der Waals surface area contributed by atoms with Crippen molar-refractivity contribution in [2.75, 3.05) is 0 Å². The van der Waals surface area contributed by atoms with Gasteiger partial charge in [0.05, 0.1) is 0 Å².